The van der Waals surface area contributed by atoms with Gasteiger partial charge in [0.2, 0.25) is 5.13 Å². The number of hydrogen-bond acceptors (Lipinski definition) is 5. The summed E-state index contributed by atoms with van der Waals surface area (Å²) in [5.74, 6) is 0.0360. The number of carbonyl (C=O) groups excluding carboxylic acids is 1. The van der Waals surface area contributed by atoms with Gasteiger partial charge >= 0.3 is 0 Å². The van der Waals surface area contributed by atoms with Crippen LogP contribution in [0.4, 0.5) is 5.13 Å². The number of anilines is 1. The van der Waals surface area contributed by atoms with Crippen LogP contribution in [0.1, 0.15) is 39.7 Å². The molecule has 0 aliphatic heterocycles. The molecule has 1 aromatic carbocycles. The van der Waals surface area contributed by atoms with E-state index < -0.39 is 5.91 Å². The first-order chi connectivity index (χ1) is 12.2. The van der Waals surface area contributed by atoms with E-state index >= 15 is 0 Å². The summed E-state index contributed by atoms with van der Waals surface area (Å²) in [6.07, 6.45) is 3.94. The summed E-state index contributed by atoms with van der Waals surface area (Å²) in [7, 11) is 0. The van der Waals surface area contributed by atoms with Crippen molar-refractivity contribution in [3.05, 3.63) is 75.1 Å². The van der Waals surface area contributed by atoms with Crippen LogP contribution in [0.2, 0.25) is 0 Å². The van der Waals surface area contributed by atoms with Crippen LogP contribution < -0.4 is 10.9 Å². The molecule has 1 aliphatic rings. The molecule has 0 radical (unpaired) electrons. The van der Waals surface area contributed by atoms with E-state index in [-0.39, 0.29) is 11.1 Å². The lowest BCUT2D eigenvalue weighted by Crippen LogP contribution is -2.29. The maximum absolute atomic E-state index is 12.6. The Morgan fingerprint density at radius 2 is 1.96 bits per heavy atom. The van der Waals surface area contributed by atoms with Gasteiger partial charge in [-0.15, -0.1) is 10.2 Å². The molecule has 0 bridgehead atoms. The van der Waals surface area contributed by atoms with Crippen molar-refractivity contribution in [1.29, 1.82) is 0 Å². The Morgan fingerprint density at radius 3 is 2.72 bits per heavy atom. The van der Waals surface area contributed by atoms with E-state index in [9.17, 15) is 9.59 Å². The van der Waals surface area contributed by atoms with Crippen LogP contribution in [-0.4, -0.2) is 20.7 Å². The van der Waals surface area contributed by atoms with Gasteiger partial charge in [-0.25, -0.2) is 0 Å². The molecular formula is C18H16N4O2S. The lowest BCUT2D eigenvalue weighted by Gasteiger charge is -2.08. The lowest BCUT2D eigenvalue weighted by atomic mass is 10.2. The second-order valence-corrected chi connectivity index (χ2v) is 7.02. The summed E-state index contributed by atoms with van der Waals surface area (Å²) < 4.78 is 1.53. The van der Waals surface area contributed by atoms with E-state index in [0.717, 1.165) is 23.4 Å². The predicted octanol–water partition coefficient (Wildman–Crippen LogP) is 2.88. The van der Waals surface area contributed by atoms with Crippen LogP contribution in [0.3, 0.4) is 0 Å². The Morgan fingerprint density at radius 1 is 1.16 bits per heavy atom. The van der Waals surface area contributed by atoms with Crippen molar-refractivity contribution in [1.82, 2.24) is 14.8 Å². The molecule has 1 aliphatic carbocycles. The molecule has 0 unspecified atom stereocenters. The first-order valence-electron chi connectivity index (χ1n) is 8.09. The zero-order valence-corrected chi connectivity index (χ0v) is 14.2. The van der Waals surface area contributed by atoms with Gasteiger partial charge in [0, 0.05) is 12.1 Å². The monoisotopic (exact) mass is 352 g/mol. The average Bonchev–Trinajstić information content (AvgIpc) is 3.37. The third kappa shape index (κ3) is 3.51. The molecule has 3 aromatic rings. The third-order valence-corrected chi connectivity index (χ3v) is 5.05. The lowest BCUT2D eigenvalue weighted by molar-refractivity contribution is 0.102. The third-order valence-electron chi connectivity index (χ3n) is 4.05. The highest BCUT2D eigenvalue weighted by molar-refractivity contribution is 7.15. The van der Waals surface area contributed by atoms with Crippen molar-refractivity contribution in [2.75, 3.05) is 5.32 Å². The smallest absolute Gasteiger partial charge is 0.263 e. The van der Waals surface area contributed by atoms with Crippen molar-refractivity contribution in [3.8, 4) is 0 Å². The van der Waals surface area contributed by atoms with Crippen LogP contribution in [0.5, 0.6) is 0 Å². The van der Waals surface area contributed by atoms with E-state index in [4.69, 9.17) is 0 Å². The fraction of sp³-hybridized carbons (Fsp3) is 0.222. The van der Waals surface area contributed by atoms with Crippen LogP contribution >= 0.6 is 11.3 Å². The predicted molar refractivity (Wildman–Crippen MR) is 96.1 cm³/mol. The van der Waals surface area contributed by atoms with E-state index in [1.54, 1.807) is 12.3 Å². The first kappa shape index (κ1) is 15.7. The molecule has 126 valence electrons. The number of hydrogen-bond donors (Lipinski definition) is 1. The van der Waals surface area contributed by atoms with E-state index in [2.05, 4.69) is 15.5 Å². The molecular weight excluding hydrogens is 336 g/mol. The largest absolute Gasteiger partial charge is 0.310 e. The van der Waals surface area contributed by atoms with Crippen molar-refractivity contribution < 1.29 is 4.79 Å². The molecule has 0 atom stereocenters. The van der Waals surface area contributed by atoms with Gasteiger partial charge in [-0.05, 0) is 30.5 Å². The molecule has 4 rings (SSSR count). The average molecular weight is 352 g/mol. The summed E-state index contributed by atoms with van der Waals surface area (Å²) in [4.78, 5) is 25.0. The summed E-state index contributed by atoms with van der Waals surface area (Å²) in [6, 6.07) is 12.9. The zero-order chi connectivity index (χ0) is 17.2. The van der Waals surface area contributed by atoms with E-state index in [1.165, 1.54) is 22.0 Å². The summed E-state index contributed by atoms with van der Waals surface area (Å²) in [5.41, 5.74) is 0.776. The highest BCUT2D eigenvalue weighted by atomic mass is 32.1. The van der Waals surface area contributed by atoms with Crippen molar-refractivity contribution in [3.63, 3.8) is 0 Å². The molecule has 6 nitrogen and oxygen atoms in total. The van der Waals surface area contributed by atoms with Crippen LogP contribution in [0.15, 0.2) is 53.5 Å². The van der Waals surface area contributed by atoms with E-state index in [1.807, 2.05) is 30.3 Å². The van der Waals surface area contributed by atoms with Gasteiger partial charge in [0.15, 0.2) is 0 Å². The maximum Gasteiger partial charge on any atom is 0.263 e. The van der Waals surface area contributed by atoms with Gasteiger partial charge in [-0.1, -0.05) is 41.7 Å². The summed E-state index contributed by atoms with van der Waals surface area (Å²) in [6.45, 7) is 0.422. The van der Waals surface area contributed by atoms with Crippen LogP contribution in [0.25, 0.3) is 0 Å². The molecule has 7 heteroatoms. The first-order valence-corrected chi connectivity index (χ1v) is 8.90. The molecule has 2 heterocycles. The summed E-state index contributed by atoms with van der Waals surface area (Å²) >= 11 is 1.38. The SMILES string of the molecule is O=C(Nc1nnc(C2CC2)s1)c1cccn(Cc2ccccc2)c1=O. The quantitative estimate of drug-likeness (QED) is 0.766. The number of amides is 1. The van der Waals surface area contributed by atoms with Crippen molar-refractivity contribution in [2.45, 2.75) is 25.3 Å². The van der Waals surface area contributed by atoms with Crippen molar-refractivity contribution >= 4 is 22.4 Å². The van der Waals surface area contributed by atoms with Crippen LogP contribution in [-0.2, 0) is 6.54 Å². The topological polar surface area (TPSA) is 76.9 Å². The number of pyridine rings is 1. The Hall–Kier alpha value is -2.80. The molecule has 0 saturated heterocycles. The molecule has 2 aromatic heterocycles. The van der Waals surface area contributed by atoms with Crippen LogP contribution in [0, 0.1) is 0 Å². The molecule has 1 amide bonds. The maximum atomic E-state index is 12.6. The van der Waals surface area contributed by atoms with E-state index in [0.29, 0.717) is 17.6 Å². The Balaban J connectivity index is 1.53. The minimum absolute atomic E-state index is 0.0987. The Bertz CT molecular complexity index is 960. The number of benzene rings is 1. The Kier molecular flexibility index (Phi) is 4.15. The van der Waals surface area contributed by atoms with Gasteiger partial charge in [0.1, 0.15) is 10.6 Å². The number of rotatable bonds is 5. The number of carbonyl (C=O) groups is 1. The number of aromatic nitrogens is 3. The minimum atomic E-state index is -0.453. The fourth-order valence-electron chi connectivity index (χ4n) is 2.56. The summed E-state index contributed by atoms with van der Waals surface area (Å²) in [5, 5.41) is 12.2. The molecule has 0 spiro atoms. The fourth-order valence-corrected chi connectivity index (χ4v) is 3.47. The molecule has 1 N–H and O–H groups in total. The second-order valence-electron chi connectivity index (χ2n) is 6.01. The zero-order valence-electron chi connectivity index (χ0n) is 13.4. The van der Waals surface area contributed by atoms with Gasteiger partial charge in [-0.3, -0.25) is 14.9 Å². The van der Waals surface area contributed by atoms with Gasteiger partial charge in [0.25, 0.3) is 11.5 Å². The van der Waals surface area contributed by atoms with Crippen molar-refractivity contribution in [2.24, 2.45) is 0 Å². The molecule has 25 heavy (non-hydrogen) atoms. The van der Waals surface area contributed by atoms with Gasteiger partial charge in [0.05, 0.1) is 6.54 Å². The standard InChI is InChI=1S/C18H16N4O2S/c23-15(19-18-21-20-16(25-18)13-8-9-13)14-7-4-10-22(17(14)24)11-12-5-2-1-3-6-12/h1-7,10,13H,8-9,11H2,(H,19,21,23). The number of nitrogens with zero attached hydrogens (tertiary/aromatic N) is 3. The van der Waals surface area contributed by atoms with Gasteiger partial charge < -0.3 is 4.57 Å². The normalized spacial score (nSPS) is 13.6. The molecule has 1 fully saturated rings. The Labute approximate surface area is 148 Å². The molecule has 1 saturated carbocycles. The number of nitrogens with one attached hydrogen (secondary N) is 1. The second kappa shape index (κ2) is 6.60. The van der Waals surface area contributed by atoms with Gasteiger partial charge in [-0.2, -0.15) is 0 Å². The minimum Gasteiger partial charge on any atom is -0.310 e. The highest BCUT2D eigenvalue weighted by Crippen LogP contribution is 2.42. The highest BCUT2D eigenvalue weighted by Gasteiger charge is 2.28.